The van der Waals surface area contributed by atoms with E-state index in [1.807, 2.05) is 60.5 Å². The Morgan fingerprint density at radius 1 is 1.28 bits per heavy atom. The average Bonchev–Trinajstić information content (AvgIpc) is 2.83. The Labute approximate surface area is 191 Å². The second-order valence-corrected chi connectivity index (χ2v) is 9.26. The minimum Gasteiger partial charge on any atom is -0.508 e. The molecule has 5 nitrogen and oxygen atoms in total. The van der Waals surface area contributed by atoms with Gasteiger partial charge in [-0.1, -0.05) is 36.4 Å². The smallest absolute Gasteiger partial charge is 0.253 e. The van der Waals surface area contributed by atoms with Gasteiger partial charge in [0.05, 0.1) is 6.10 Å². The predicted octanol–water partition coefficient (Wildman–Crippen LogP) is 4.09. The van der Waals surface area contributed by atoms with Crippen LogP contribution in [0.25, 0.3) is 0 Å². The first-order valence-electron chi connectivity index (χ1n) is 11.5. The van der Waals surface area contributed by atoms with Crippen LogP contribution in [0.15, 0.2) is 67.3 Å². The summed E-state index contributed by atoms with van der Waals surface area (Å²) in [5.41, 5.74) is 1.69. The van der Waals surface area contributed by atoms with E-state index in [9.17, 15) is 9.90 Å². The molecule has 2 aromatic carbocycles. The molecule has 170 valence electrons. The molecule has 32 heavy (non-hydrogen) atoms. The highest BCUT2D eigenvalue weighted by Crippen LogP contribution is 2.51. The molecule has 0 spiro atoms. The summed E-state index contributed by atoms with van der Waals surface area (Å²) < 4.78 is 6.08. The highest BCUT2D eigenvalue weighted by atomic mass is 16.5. The monoisotopic (exact) mass is 434 g/mol. The van der Waals surface area contributed by atoms with E-state index in [4.69, 9.17) is 4.74 Å². The van der Waals surface area contributed by atoms with Gasteiger partial charge in [0.2, 0.25) is 0 Å². The van der Waals surface area contributed by atoms with Crippen molar-refractivity contribution in [1.29, 1.82) is 0 Å². The van der Waals surface area contributed by atoms with Crippen LogP contribution in [-0.4, -0.2) is 66.8 Å². The van der Waals surface area contributed by atoms with Crippen molar-refractivity contribution in [2.45, 2.75) is 36.8 Å². The molecule has 1 N–H and O–H groups in total. The summed E-state index contributed by atoms with van der Waals surface area (Å²) in [6.45, 7) is 6.65. The lowest BCUT2D eigenvalue weighted by molar-refractivity contribution is -0.0772. The van der Waals surface area contributed by atoms with E-state index in [0.29, 0.717) is 5.56 Å². The number of carbonyl (C=O) groups excluding carboxylic acids is 1. The number of phenolic OH excluding ortho intramolecular Hbond substituents is 1. The standard InChI is InChI=1S/C27H34N2O3/c1-4-14-29-15-13-27(21-11-8-12-23(30)16-21)18-22(17-25(32-3)24(27)19-29)28(2)26(31)20-9-6-5-7-10-20/h4-12,16,22,24-25,30H,1,13-15,17-19H2,2-3H3/t22-,24-,25?,27-/m0/s1. The maximum atomic E-state index is 13.3. The number of fused-ring (bicyclic) bond motifs is 1. The Kier molecular flexibility index (Phi) is 6.68. The largest absolute Gasteiger partial charge is 0.508 e. The first-order chi connectivity index (χ1) is 15.5. The van der Waals surface area contributed by atoms with Gasteiger partial charge in [-0.05, 0) is 55.6 Å². The molecule has 1 amide bonds. The lowest BCUT2D eigenvalue weighted by Gasteiger charge is -2.56. The van der Waals surface area contributed by atoms with Gasteiger partial charge in [-0.3, -0.25) is 9.69 Å². The number of hydrogen-bond donors (Lipinski definition) is 1. The summed E-state index contributed by atoms with van der Waals surface area (Å²) in [4.78, 5) is 17.6. The maximum Gasteiger partial charge on any atom is 0.253 e. The number of likely N-dealkylation sites (tertiary alicyclic amines) is 1. The van der Waals surface area contributed by atoms with Crippen LogP contribution in [0.1, 0.15) is 35.2 Å². The van der Waals surface area contributed by atoms with Gasteiger partial charge in [-0.2, -0.15) is 0 Å². The van der Waals surface area contributed by atoms with Gasteiger partial charge in [-0.15, -0.1) is 6.58 Å². The number of amides is 1. The Bertz CT molecular complexity index is 947. The highest BCUT2D eigenvalue weighted by molar-refractivity contribution is 5.94. The van der Waals surface area contributed by atoms with Gasteiger partial charge in [0, 0.05) is 50.2 Å². The number of rotatable bonds is 6. The molecule has 0 aromatic heterocycles. The van der Waals surface area contributed by atoms with Crippen LogP contribution >= 0.6 is 0 Å². The summed E-state index contributed by atoms with van der Waals surface area (Å²) in [6, 6.07) is 17.2. The number of piperidine rings is 1. The van der Waals surface area contributed by atoms with E-state index in [2.05, 4.69) is 17.5 Å². The van der Waals surface area contributed by atoms with Crippen molar-refractivity contribution in [3.05, 3.63) is 78.4 Å². The zero-order chi connectivity index (χ0) is 22.7. The van der Waals surface area contributed by atoms with E-state index >= 15 is 0 Å². The second-order valence-electron chi connectivity index (χ2n) is 9.26. The van der Waals surface area contributed by atoms with Crippen molar-refractivity contribution < 1.29 is 14.6 Å². The van der Waals surface area contributed by atoms with Crippen molar-refractivity contribution in [1.82, 2.24) is 9.80 Å². The van der Waals surface area contributed by atoms with Crippen molar-refractivity contribution in [2.75, 3.05) is 33.8 Å². The van der Waals surface area contributed by atoms with Gasteiger partial charge in [0.15, 0.2) is 0 Å². The van der Waals surface area contributed by atoms with Crippen LogP contribution < -0.4 is 0 Å². The van der Waals surface area contributed by atoms with E-state index in [1.54, 1.807) is 13.2 Å². The molecule has 1 aliphatic carbocycles. The highest BCUT2D eigenvalue weighted by Gasteiger charge is 2.53. The number of nitrogens with zero attached hydrogens (tertiary/aromatic N) is 2. The molecular weight excluding hydrogens is 400 g/mol. The lowest BCUT2D eigenvalue weighted by Crippen LogP contribution is -2.61. The fourth-order valence-electron chi connectivity index (χ4n) is 5.90. The summed E-state index contributed by atoms with van der Waals surface area (Å²) in [6.07, 6.45) is 4.60. The SMILES string of the molecule is C=CCN1CC[C@@]2(c3cccc(O)c3)C[C@@H](N(C)C(=O)c3ccccc3)CC(OC)[C@@H]2C1. The maximum absolute atomic E-state index is 13.3. The fourth-order valence-corrected chi connectivity index (χ4v) is 5.90. The second kappa shape index (κ2) is 9.47. The van der Waals surface area contributed by atoms with Gasteiger partial charge < -0.3 is 14.7 Å². The summed E-state index contributed by atoms with van der Waals surface area (Å²) in [5.74, 6) is 0.604. The Balaban J connectivity index is 1.70. The Hall–Kier alpha value is -2.63. The minimum atomic E-state index is -0.161. The van der Waals surface area contributed by atoms with Crippen molar-refractivity contribution >= 4 is 5.91 Å². The number of hydrogen-bond acceptors (Lipinski definition) is 4. The zero-order valence-electron chi connectivity index (χ0n) is 19.1. The predicted molar refractivity (Wildman–Crippen MR) is 127 cm³/mol. The lowest BCUT2D eigenvalue weighted by atomic mass is 9.56. The molecule has 1 saturated carbocycles. The molecule has 1 saturated heterocycles. The molecule has 2 aromatic rings. The molecule has 0 bridgehead atoms. The summed E-state index contributed by atoms with van der Waals surface area (Å²) in [7, 11) is 3.70. The normalized spacial score (nSPS) is 28.0. The van der Waals surface area contributed by atoms with Crippen LogP contribution in [0.2, 0.25) is 0 Å². The molecule has 5 heteroatoms. The number of phenols is 1. The van der Waals surface area contributed by atoms with Crippen LogP contribution in [-0.2, 0) is 10.2 Å². The molecule has 0 radical (unpaired) electrons. The van der Waals surface area contributed by atoms with Crippen molar-refractivity contribution in [3.8, 4) is 5.75 Å². The molecule has 4 atom stereocenters. The van der Waals surface area contributed by atoms with Gasteiger partial charge >= 0.3 is 0 Å². The molecule has 1 aliphatic heterocycles. The van der Waals surface area contributed by atoms with Gasteiger partial charge in [0.1, 0.15) is 5.75 Å². The quantitative estimate of drug-likeness (QED) is 0.696. The minimum absolute atomic E-state index is 0.0229. The van der Waals surface area contributed by atoms with E-state index < -0.39 is 0 Å². The molecule has 1 heterocycles. The number of aromatic hydroxyl groups is 1. The molecule has 4 rings (SSSR count). The Morgan fingerprint density at radius 3 is 2.75 bits per heavy atom. The summed E-state index contributed by atoms with van der Waals surface area (Å²) >= 11 is 0. The van der Waals surface area contributed by atoms with E-state index in [-0.39, 0.29) is 35.1 Å². The Morgan fingerprint density at radius 2 is 2.06 bits per heavy atom. The average molecular weight is 435 g/mol. The van der Waals surface area contributed by atoms with Crippen LogP contribution in [0.4, 0.5) is 0 Å². The number of methoxy groups -OCH3 is 1. The van der Waals surface area contributed by atoms with Crippen LogP contribution in [0, 0.1) is 5.92 Å². The molecular formula is C27H34N2O3. The topological polar surface area (TPSA) is 53.0 Å². The van der Waals surface area contributed by atoms with Crippen molar-refractivity contribution in [3.63, 3.8) is 0 Å². The van der Waals surface area contributed by atoms with Crippen LogP contribution in [0.5, 0.6) is 5.75 Å². The zero-order valence-corrected chi connectivity index (χ0v) is 19.1. The third-order valence-electron chi connectivity index (χ3n) is 7.59. The third-order valence-corrected chi connectivity index (χ3v) is 7.59. The van der Waals surface area contributed by atoms with Gasteiger partial charge in [-0.25, -0.2) is 0 Å². The summed E-state index contributed by atoms with van der Waals surface area (Å²) in [5, 5.41) is 10.3. The number of carbonyl (C=O) groups is 1. The molecule has 1 unspecified atom stereocenters. The van der Waals surface area contributed by atoms with E-state index in [1.165, 1.54) is 0 Å². The third kappa shape index (κ3) is 4.19. The fraction of sp³-hybridized carbons (Fsp3) is 0.444. The van der Waals surface area contributed by atoms with E-state index in [0.717, 1.165) is 44.5 Å². The molecule has 2 aliphatic rings. The van der Waals surface area contributed by atoms with Crippen molar-refractivity contribution in [2.24, 2.45) is 5.92 Å². The number of ether oxygens (including phenoxy) is 1. The van der Waals surface area contributed by atoms with Crippen LogP contribution in [0.3, 0.4) is 0 Å². The molecule has 2 fully saturated rings. The van der Waals surface area contributed by atoms with Gasteiger partial charge in [0.25, 0.3) is 5.91 Å². The number of benzene rings is 2. The first kappa shape index (κ1) is 22.6. The first-order valence-corrected chi connectivity index (χ1v) is 11.5.